The maximum absolute atomic E-state index is 11.0. The molecule has 6 heteroatoms. The highest BCUT2D eigenvalue weighted by molar-refractivity contribution is 6.14. The number of nitrogens with zero attached hydrogens (tertiary/aromatic N) is 6. The van der Waals surface area contributed by atoms with E-state index in [0.717, 1.165) is 105 Å². The van der Waals surface area contributed by atoms with Crippen LogP contribution >= 0.6 is 0 Å². The first-order valence-electron chi connectivity index (χ1n) is 30.8. The van der Waals surface area contributed by atoms with Crippen LogP contribution in [-0.2, 0) is 0 Å². The van der Waals surface area contributed by atoms with Crippen LogP contribution in [-0.4, -0.2) is 24.1 Å². The van der Waals surface area contributed by atoms with Crippen molar-refractivity contribution >= 4 is 43.6 Å². The van der Waals surface area contributed by atoms with E-state index in [4.69, 9.17) is 15.0 Å². The van der Waals surface area contributed by atoms with Gasteiger partial charge in [0.25, 0.3) is 0 Å². The molecule has 0 amide bonds. The fraction of sp³-hybridized carbons (Fsp3) is 0.0952. The van der Waals surface area contributed by atoms with E-state index in [0.29, 0.717) is 23.0 Å². The van der Waals surface area contributed by atoms with Gasteiger partial charge in [0.05, 0.1) is 45.1 Å². The summed E-state index contributed by atoms with van der Waals surface area (Å²) in [6, 6.07) is 90.6. The summed E-state index contributed by atoms with van der Waals surface area (Å²) in [5.41, 5.74) is 30.1. The van der Waals surface area contributed by atoms with Crippen LogP contribution in [0, 0.1) is 66.7 Å². The van der Waals surface area contributed by atoms with Gasteiger partial charge in [-0.15, -0.1) is 0 Å². The number of hydrogen-bond acceptors (Lipinski definition) is 4. The largest absolute Gasteiger partial charge is 0.309 e. The standard InChI is InChI=1S/C84H64N6/c1-50-31-51(2)36-66(35-50)61-21-27-76-72(44-61)73-45-62(67-37-52(3)32-53(4)38-67)22-28-77(73)89(76)80-43-58(49-85)19-25-70(80)71-26-20-65(84-87-82(59-15-11-9-12-16-59)86-83(88-84)60-17-13-10-14-18-60)48-81(71)90-78-29-23-63(68-39-54(5)33-55(6)40-68)46-74(78)75-47-64(24-30-79(75)90)69-41-56(7)34-57(8)42-69/h9-48H,1-8H3. The summed E-state index contributed by atoms with van der Waals surface area (Å²) in [4.78, 5) is 15.8. The Morgan fingerprint density at radius 1 is 0.256 bits per heavy atom. The Morgan fingerprint density at radius 3 is 0.867 bits per heavy atom. The Hall–Kier alpha value is -11.3. The van der Waals surface area contributed by atoms with Crippen molar-refractivity contribution in [3.8, 4) is 107 Å². The molecule has 15 aromatic rings. The van der Waals surface area contributed by atoms with Crippen molar-refractivity contribution in [1.82, 2.24) is 24.1 Å². The topological polar surface area (TPSA) is 72.3 Å². The number of benzene rings is 12. The Labute approximate surface area is 525 Å². The minimum absolute atomic E-state index is 0.548. The second-order valence-corrected chi connectivity index (χ2v) is 24.7. The molecular formula is C84H64N6. The zero-order valence-corrected chi connectivity index (χ0v) is 51.8. The van der Waals surface area contributed by atoms with Crippen LogP contribution in [0.5, 0.6) is 0 Å². The Kier molecular flexibility index (Phi) is 13.6. The second-order valence-electron chi connectivity index (χ2n) is 24.7. The molecule has 0 saturated heterocycles. The molecule has 0 aliphatic carbocycles. The Morgan fingerprint density at radius 2 is 0.544 bits per heavy atom. The maximum atomic E-state index is 11.0. The van der Waals surface area contributed by atoms with Crippen molar-refractivity contribution in [2.75, 3.05) is 0 Å². The van der Waals surface area contributed by atoms with E-state index in [2.05, 4.69) is 271 Å². The second kappa shape index (κ2) is 22.2. The van der Waals surface area contributed by atoms with Crippen LogP contribution in [0.4, 0.5) is 0 Å². The molecule has 3 aromatic heterocycles. The summed E-state index contributed by atoms with van der Waals surface area (Å²) in [5, 5.41) is 15.5. The summed E-state index contributed by atoms with van der Waals surface area (Å²) in [7, 11) is 0. The highest BCUT2D eigenvalue weighted by atomic mass is 15.0. The highest BCUT2D eigenvalue weighted by Gasteiger charge is 2.25. The third-order valence-corrected chi connectivity index (χ3v) is 17.6. The van der Waals surface area contributed by atoms with Gasteiger partial charge in [0.2, 0.25) is 0 Å². The average Bonchev–Trinajstić information content (AvgIpc) is 1.56. The van der Waals surface area contributed by atoms with Crippen molar-refractivity contribution in [1.29, 1.82) is 5.26 Å². The molecule has 6 nitrogen and oxygen atoms in total. The van der Waals surface area contributed by atoms with Gasteiger partial charge in [0, 0.05) is 49.4 Å². The molecule has 0 aliphatic heterocycles. The molecule has 12 aromatic carbocycles. The van der Waals surface area contributed by atoms with Gasteiger partial charge < -0.3 is 9.13 Å². The number of rotatable bonds is 10. The molecule has 0 aliphatic rings. The lowest BCUT2D eigenvalue weighted by atomic mass is 9.97. The molecular weight excluding hydrogens is 1090 g/mol. The van der Waals surface area contributed by atoms with Crippen LogP contribution in [0.2, 0.25) is 0 Å². The SMILES string of the molecule is Cc1cc(C)cc(-c2ccc3c(c2)c2cc(-c4cc(C)cc(C)c4)ccc2n3-c2cc(C#N)ccc2-c2ccc(-c3nc(-c4ccccc4)nc(-c4ccccc4)n3)cc2-n2c3ccc(-c4cc(C)cc(C)c4)cc3c3cc(-c4cc(C)cc(C)c4)ccc32)c1. The van der Waals surface area contributed by atoms with Crippen molar-refractivity contribution in [3.05, 3.63) is 293 Å². The number of hydrogen-bond donors (Lipinski definition) is 0. The first-order chi connectivity index (χ1) is 43.7. The molecule has 90 heavy (non-hydrogen) atoms. The summed E-state index contributed by atoms with van der Waals surface area (Å²) in [5.74, 6) is 1.72. The van der Waals surface area contributed by atoms with Gasteiger partial charge in [0.15, 0.2) is 17.5 Å². The van der Waals surface area contributed by atoms with Gasteiger partial charge in [-0.1, -0.05) is 220 Å². The quantitative estimate of drug-likeness (QED) is 0.137. The van der Waals surface area contributed by atoms with E-state index in [1.807, 2.05) is 42.5 Å². The van der Waals surface area contributed by atoms with E-state index in [1.165, 1.54) is 66.8 Å². The molecule has 0 atom stereocenters. The summed E-state index contributed by atoms with van der Waals surface area (Å²) in [6.07, 6.45) is 0. The van der Waals surface area contributed by atoms with E-state index in [9.17, 15) is 5.26 Å². The number of aryl methyl sites for hydroxylation is 8. The van der Waals surface area contributed by atoms with E-state index >= 15 is 0 Å². The first-order valence-corrected chi connectivity index (χ1v) is 30.8. The molecule has 0 bridgehead atoms. The molecule has 0 saturated carbocycles. The summed E-state index contributed by atoms with van der Waals surface area (Å²) in [6.45, 7) is 17.4. The lowest BCUT2D eigenvalue weighted by Crippen LogP contribution is -2.04. The molecule has 0 unspecified atom stereocenters. The molecule has 15 rings (SSSR count). The molecule has 0 spiro atoms. The number of nitriles is 1. The summed E-state index contributed by atoms with van der Waals surface area (Å²) < 4.78 is 4.83. The smallest absolute Gasteiger partial charge is 0.164 e. The van der Waals surface area contributed by atoms with Crippen molar-refractivity contribution in [2.24, 2.45) is 0 Å². The molecule has 0 fully saturated rings. The number of fused-ring (bicyclic) bond motifs is 6. The highest BCUT2D eigenvalue weighted by Crippen LogP contribution is 2.46. The predicted octanol–water partition coefficient (Wildman–Crippen LogP) is 21.7. The van der Waals surface area contributed by atoms with Gasteiger partial charge >= 0.3 is 0 Å². The fourth-order valence-electron chi connectivity index (χ4n) is 13.9. The predicted molar refractivity (Wildman–Crippen MR) is 375 cm³/mol. The lowest BCUT2D eigenvalue weighted by Gasteiger charge is -2.20. The fourth-order valence-corrected chi connectivity index (χ4v) is 13.9. The third-order valence-electron chi connectivity index (χ3n) is 17.6. The van der Waals surface area contributed by atoms with E-state index in [-0.39, 0.29) is 0 Å². The van der Waals surface area contributed by atoms with Gasteiger partial charge in [-0.3, -0.25) is 0 Å². The maximum Gasteiger partial charge on any atom is 0.164 e. The Balaban J connectivity index is 1.04. The normalized spacial score (nSPS) is 11.5. The molecule has 0 radical (unpaired) electrons. The summed E-state index contributed by atoms with van der Waals surface area (Å²) >= 11 is 0. The zero-order valence-electron chi connectivity index (χ0n) is 51.8. The Bertz CT molecular complexity index is 5110. The van der Waals surface area contributed by atoms with Crippen LogP contribution in [0.3, 0.4) is 0 Å². The zero-order chi connectivity index (χ0) is 61.5. The minimum Gasteiger partial charge on any atom is -0.309 e. The van der Waals surface area contributed by atoms with Crippen LogP contribution in [0.1, 0.15) is 50.1 Å². The van der Waals surface area contributed by atoms with Crippen molar-refractivity contribution in [3.63, 3.8) is 0 Å². The van der Waals surface area contributed by atoms with Crippen molar-refractivity contribution < 1.29 is 0 Å². The van der Waals surface area contributed by atoms with E-state index < -0.39 is 0 Å². The molecule has 0 N–H and O–H groups in total. The number of aromatic nitrogens is 5. The minimum atomic E-state index is 0.548. The van der Waals surface area contributed by atoms with Crippen LogP contribution < -0.4 is 0 Å². The van der Waals surface area contributed by atoms with Gasteiger partial charge in [0.1, 0.15) is 0 Å². The van der Waals surface area contributed by atoms with Crippen LogP contribution in [0.15, 0.2) is 243 Å². The van der Waals surface area contributed by atoms with E-state index in [1.54, 1.807) is 0 Å². The molecule has 3 heterocycles. The van der Waals surface area contributed by atoms with Gasteiger partial charge in [-0.2, -0.15) is 5.26 Å². The monoisotopic (exact) mass is 1160 g/mol. The van der Waals surface area contributed by atoms with Gasteiger partial charge in [-0.25, -0.2) is 15.0 Å². The van der Waals surface area contributed by atoms with Crippen molar-refractivity contribution in [2.45, 2.75) is 55.4 Å². The van der Waals surface area contributed by atoms with Gasteiger partial charge in [-0.05, 0) is 167 Å². The average molecular weight is 1160 g/mol. The van der Waals surface area contributed by atoms with Crippen LogP contribution in [0.25, 0.3) is 145 Å². The lowest BCUT2D eigenvalue weighted by molar-refractivity contribution is 1.07. The third kappa shape index (κ3) is 10.1. The molecule has 430 valence electrons. The first kappa shape index (κ1) is 55.3.